The van der Waals surface area contributed by atoms with Gasteiger partial charge in [0, 0.05) is 0 Å². The molecule has 20 heavy (non-hydrogen) atoms. The molecule has 0 atom stereocenters. The molecule has 0 aliphatic carbocycles. The second-order valence-corrected chi connectivity index (χ2v) is 5.70. The molecule has 1 aromatic heterocycles. The Morgan fingerprint density at radius 2 is 2.20 bits per heavy atom. The number of nitrogens with two attached hydrogens (primary N) is 1. The summed E-state index contributed by atoms with van der Waals surface area (Å²) in [6.45, 7) is -0.0388. The summed E-state index contributed by atoms with van der Waals surface area (Å²) >= 11 is 0. The predicted octanol–water partition coefficient (Wildman–Crippen LogP) is 1.49. The van der Waals surface area contributed by atoms with Gasteiger partial charge in [0.25, 0.3) is 0 Å². The van der Waals surface area contributed by atoms with Crippen molar-refractivity contribution in [3.63, 3.8) is 0 Å². The fraction of sp³-hybridized carbons (Fsp3) is 0.167. The number of furan rings is 1. The van der Waals surface area contributed by atoms with Gasteiger partial charge in [0.2, 0.25) is 10.0 Å². The molecule has 108 valence electrons. The fourth-order valence-corrected chi connectivity index (χ4v) is 2.66. The molecule has 0 saturated carbocycles. The van der Waals surface area contributed by atoms with Crippen molar-refractivity contribution in [2.24, 2.45) is 0 Å². The maximum absolute atomic E-state index is 13.6. The van der Waals surface area contributed by atoms with Gasteiger partial charge >= 0.3 is 0 Å². The van der Waals surface area contributed by atoms with Gasteiger partial charge in [-0.2, -0.15) is 0 Å². The number of ether oxygens (including phenoxy) is 1. The van der Waals surface area contributed by atoms with Crippen molar-refractivity contribution in [1.82, 2.24) is 4.72 Å². The number of rotatable bonds is 5. The minimum atomic E-state index is -3.89. The Morgan fingerprint density at radius 3 is 2.75 bits per heavy atom. The average Bonchev–Trinajstić information content (AvgIpc) is 2.89. The molecule has 0 unspecified atom stereocenters. The fourth-order valence-electron chi connectivity index (χ4n) is 1.62. The minimum Gasteiger partial charge on any atom is -0.492 e. The number of nitrogen functional groups attached to an aromatic ring is 1. The van der Waals surface area contributed by atoms with Gasteiger partial charge in [-0.15, -0.1) is 0 Å². The van der Waals surface area contributed by atoms with Crippen LogP contribution in [-0.2, 0) is 16.6 Å². The standard InChI is InChI=1S/C12H13FN2O4S/c1-18-12-10(13)5-9(6-11(12)14)20(16,17)15-7-8-3-2-4-19-8/h2-6,15H,7,14H2,1H3. The maximum atomic E-state index is 13.6. The van der Waals surface area contributed by atoms with Crippen LogP contribution in [0.5, 0.6) is 5.75 Å². The summed E-state index contributed by atoms with van der Waals surface area (Å²) in [4.78, 5) is -0.278. The zero-order chi connectivity index (χ0) is 14.8. The number of hydrogen-bond acceptors (Lipinski definition) is 5. The first-order chi connectivity index (χ1) is 9.44. The van der Waals surface area contributed by atoms with Gasteiger partial charge in [0.1, 0.15) is 5.76 Å². The lowest BCUT2D eigenvalue weighted by atomic mass is 10.3. The first-order valence-electron chi connectivity index (χ1n) is 5.59. The third-order valence-electron chi connectivity index (χ3n) is 2.58. The van der Waals surface area contributed by atoms with Crippen LogP contribution in [0.3, 0.4) is 0 Å². The second-order valence-electron chi connectivity index (χ2n) is 3.93. The number of sulfonamides is 1. The van der Waals surface area contributed by atoms with Crippen molar-refractivity contribution in [3.8, 4) is 5.75 Å². The lowest BCUT2D eigenvalue weighted by Crippen LogP contribution is -2.23. The Balaban J connectivity index is 2.25. The van der Waals surface area contributed by atoms with Gasteiger partial charge in [-0.05, 0) is 24.3 Å². The highest BCUT2D eigenvalue weighted by Gasteiger charge is 2.19. The maximum Gasteiger partial charge on any atom is 0.241 e. The van der Waals surface area contributed by atoms with Crippen molar-refractivity contribution in [1.29, 1.82) is 0 Å². The molecule has 0 amide bonds. The van der Waals surface area contributed by atoms with E-state index in [1.54, 1.807) is 12.1 Å². The topological polar surface area (TPSA) is 94.6 Å². The third-order valence-corrected chi connectivity index (χ3v) is 3.96. The van der Waals surface area contributed by atoms with Gasteiger partial charge in [0.05, 0.1) is 30.5 Å². The monoisotopic (exact) mass is 300 g/mol. The van der Waals surface area contributed by atoms with E-state index in [9.17, 15) is 12.8 Å². The molecule has 6 nitrogen and oxygen atoms in total. The third kappa shape index (κ3) is 2.91. The SMILES string of the molecule is COc1c(N)cc(S(=O)(=O)NCc2ccco2)cc1F. The van der Waals surface area contributed by atoms with Crippen molar-refractivity contribution in [2.75, 3.05) is 12.8 Å². The Bertz CT molecular complexity index is 675. The van der Waals surface area contributed by atoms with Gasteiger partial charge < -0.3 is 14.9 Å². The van der Waals surface area contributed by atoms with Gasteiger partial charge in [-0.3, -0.25) is 0 Å². The van der Waals surface area contributed by atoms with E-state index in [1.807, 2.05) is 0 Å². The number of nitrogens with one attached hydrogen (secondary N) is 1. The molecule has 1 heterocycles. The number of methoxy groups -OCH3 is 1. The van der Waals surface area contributed by atoms with Crippen LogP contribution in [0.25, 0.3) is 0 Å². The molecular weight excluding hydrogens is 287 g/mol. The number of hydrogen-bond donors (Lipinski definition) is 2. The van der Waals surface area contributed by atoms with E-state index in [1.165, 1.54) is 13.4 Å². The summed E-state index contributed by atoms with van der Waals surface area (Å²) in [7, 11) is -2.64. The van der Waals surface area contributed by atoms with E-state index in [2.05, 4.69) is 4.72 Å². The first kappa shape index (κ1) is 14.4. The van der Waals surface area contributed by atoms with E-state index in [0.717, 1.165) is 12.1 Å². The van der Waals surface area contributed by atoms with Gasteiger partial charge in [-0.25, -0.2) is 17.5 Å². The average molecular weight is 300 g/mol. The number of benzene rings is 1. The van der Waals surface area contributed by atoms with Crippen LogP contribution in [0.2, 0.25) is 0 Å². The zero-order valence-corrected chi connectivity index (χ0v) is 11.4. The van der Waals surface area contributed by atoms with Crippen LogP contribution in [-0.4, -0.2) is 15.5 Å². The normalized spacial score (nSPS) is 11.5. The lowest BCUT2D eigenvalue weighted by molar-refractivity contribution is 0.388. The molecule has 2 aromatic rings. The second kappa shape index (κ2) is 5.51. The van der Waals surface area contributed by atoms with Crippen LogP contribution < -0.4 is 15.2 Å². The van der Waals surface area contributed by atoms with Crippen LogP contribution in [0.15, 0.2) is 39.8 Å². The van der Waals surface area contributed by atoms with Crippen LogP contribution in [0.4, 0.5) is 10.1 Å². The lowest BCUT2D eigenvalue weighted by Gasteiger charge is -2.10. The zero-order valence-electron chi connectivity index (χ0n) is 10.6. The summed E-state index contributed by atoms with van der Waals surface area (Å²) in [5.41, 5.74) is 5.45. The molecule has 1 aromatic carbocycles. The van der Waals surface area contributed by atoms with Crippen LogP contribution >= 0.6 is 0 Å². The Morgan fingerprint density at radius 1 is 1.45 bits per heavy atom. The van der Waals surface area contributed by atoms with E-state index >= 15 is 0 Å². The summed E-state index contributed by atoms with van der Waals surface area (Å²) in [5.74, 6) is -0.587. The summed E-state index contributed by atoms with van der Waals surface area (Å²) in [6.07, 6.45) is 1.43. The van der Waals surface area contributed by atoms with Crippen molar-refractivity contribution in [2.45, 2.75) is 11.4 Å². The Kier molecular flexibility index (Phi) is 3.96. The minimum absolute atomic E-state index is 0.0388. The number of anilines is 1. The molecule has 8 heteroatoms. The molecular formula is C12H13FN2O4S. The van der Waals surface area contributed by atoms with Crippen molar-refractivity contribution < 1.29 is 22.0 Å². The van der Waals surface area contributed by atoms with Crippen LogP contribution in [0.1, 0.15) is 5.76 Å². The van der Waals surface area contributed by atoms with Gasteiger partial charge in [-0.1, -0.05) is 0 Å². The molecule has 0 aliphatic heterocycles. The summed E-state index contributed by atoms with van der Waals surface area (Å²) < 4.78 is 49.7. The highest BCUT2D eigenvalue weighted by Crippen LogP contribution is 2.28. The Hall–Kier alpha value is -2.06. The predicted molar refractivity (Wildman–Crippen MR) is 70.1 cm³/mol. The molecule has 0 saturated heterocycles. The highest BCUT2D eigenvalue weighted by atomic mass is 32.2. The quantitative estimate of drug-likeness (QED) is 0.816. The van der Waals surface area contributed by atoms with E-state index in [4.69, 9.17) is 14.9 Å². The summed E-state index contributed by atoms with van der Waals surface area (Å²) in [5, 5.41) is 0. The van der Waals surface area contributed by atoms with E-state index in [-0.39, 0.29) is 22.9 Å². The molecule has 0 radical (unpaired) electrons. The largest absolute Gasteiger partial charge is 0.492 e. The molecule has 0 spiro atoms. The highest BCUT2D eigenvalue weighted by molar-refractivity contribution is 7.89. The van der Waals surface area contributed by atoms with Crippen molar-refractivity contribution in [3.05, 3.63) is 42.1 Å². The molecule has 0 fully saturated rings. The van der Waals surface area contributed by atoms with Crippen LogP contribution in [0, 0.1) is 5.82 Å². The smallest absolute Gasteiger partial charge is 0.241 e. The van der Waals surface area contributed by atoms with E-state index < -0.39 is 15.8 Å². The van der Waals surface area contributed by atoms with Crippen molar-refractivity contribution >= 4 is 15.7 Å². The Labute approximate surface area is 115 Å². The molecule has 0 bridgehead atoms. The summed E-state index contributed by atoms with van der Waals surface area (Å²) in [6, 6.07) is 5.23. The van der Waals surface area contributed by atoms with Gasteiger partial charge in [0.15, 0.2) is 11.6 Å². The molecule has 2 rings (SSSR count). The number of halogens is 1. The van der Waals surface area contributed by atoms with E-state index in [0.29, 0.717) is 5.76 Å². The molecule has 0 aliphatic rings. The first-order valence-corrected chi connectivity index (χ1v) is 7.07. The molecule has 3 N–H and O–H groups in total.